The highest BCUT2D eigenvalue weighted by Crippen LogP contribution is 2.27. The number of imidazole rings is 1. The zero-order valence-electron chi connectivity index (χ0n) is 9.64. The summed E-state index contributed by atoms with van der Waals surface area (Å²) in [6.45, 7) is 0.626. The molecule has 0 fully saturated rings. The first-order valence-corrected chi connectivity index (χ1v) is 6.95. The fraction of sp³-hybridized carbons (Fsp3) is 0.154. The van der Waals surface area contributed by atoms with Gasteiger partial charge in [0.1, 0.15) is 0 Å². The molecule has 18 heavy (non-hydrogen) atoms. The third-order valence-electron chi connectivity index (χ3n) is 2.80. The molecule has 0 aliphatic carbocycles. The van der Waals surface area contributed by atoms with Gasteiger partial charge in [0.2, 0.25) is 0 Å². The molecule has 0 radical (unpaired) electrons. The van der Waals surface area contributed by atoms with Crippen LogP contribution in [0.25, 0.3) is 16.2 Å². The predicted molar refractivity (Wildman–Crippen MR) is 76.3 cm³/mol. The number of benzene rings is 1. The van der Waals surface area contributed by atoms with E-state index in [4.69, 9.17) is 17.3 Å². The third-order valence-corrected chi connectivity index (χ3v) is 3.89. The van der Waals surface area contributed by atoms with Crippen molar-refractivity contribution in [3.8, 4) is 11.3 Å². The summed E-state index contributed by atoms with van der Waals surface area (Å²) in [4.78, 5) is 5.54. The van der Waals surface area contributed by atoms with E-state index in [1.165, 1.54) is 0 Å². The molecular formula is C13H12ClN3S. The summed E-state index contributed by atoms with van der Waals surface area (Å²) >= 11 is 7.54. The first-order chi connectivity index (χ1) is 8.78. The smallest absolute Gasteiger partial charge is 0.194 e. The molecule has 3 aromatic rings. The van der Waals surface area contributed by atoms with Gasteiger partial charge in [0, 0.05) is 23.0 Å². The molecule has 2 heterocycles. The van der Waals surface area contributed by atoms with Gasteiger partial charge in [0.25, 0.3) is 0 Å². The first kappa shape index (κ1) is 11.7. The van der Waals surface area contributed by atoms with Gasteiger partial charge >= 0.3 is 0 Å². The van der Waals surface area contributed by atoms with Gasteiger partial charge in [0.05, 0.1) is 11.4 Å². The van der Waals surface area contributed by atoms with Gasteiger partial charge < -0.3 is 5.73 Å². The molecular weight excluding hydrogens is 266 g/mol. The highest BCUT2D eigenvalue weighted by molar-refractivity contribution is 7.15. The van der Waals surface area contributed by atoms with Crippen molar-refractivity contribution in [2.24, 2.45) is 5.73 Å². The molecule has 3 nitrogen and oxygen atoms in total. The summed E-state index contributed by atoms with van der Waals surface area (Å²) in [6, 6.07) is 7.84. The van der Waals surface area contributed by atoms with Gasteiger partial charge in [-0.15, -0.1) is 11.3 Å². The van der Waals surface area contributed by atoms with Crippen LogP contribution in [0.3, 0.4) is 0 Å². The second-order valence-corrected chi connectivity index (χ2v) is 5.32. The van der Waals surface area contributed by atoms with Crippen molar-refractivity contribution in [3.05, 3.63) is 46.6 Å². The third kappa shape index (κ3) is 2.03. The summed E-state index contributed by atoms with van der Waals surface area (Å²) in [7, 11) is 0. The molecule has 0 aliphatic heterocycles. The Morgan fingerprint density at radius 3 is 2.78 bits per heavy atom. The highest BCUT2D eigenvalue weighted by Gasteiger charge is 2.09. The first-order valence-electron chi connectivity index (χ1n) is 5.69. The van der Waals surface area contributed by atoms with Gasteiger partial charge in [-0.3, -0.25) is 4.40 Å². The minimum Gasteiger partial charge on any atom is -0.330 e. The number of hydrogen-bond donors (Lipinski definition) is 1. The summed E-state index contributed by atoms with van der Waals surface area (Å²) in [6.07, 6.45) is 2.87. The summed E-state index contributed by atoms with van der Waals surface area (Å²) in [5.74, 6) is 0. The Labute approximate surface area is 114 Å². The fourth-order valence-electron chi connectivity index (χ4n) is 1.93. The summed E-state index contributed by atoms with van der Waals surface area (Å²) in [5, 5.41) is 2.86. The van der Waals surface area contributed by atoms with E-state index in [1.54, 1.807) is 11.3 Å². The van der Waals surface area contributed by atoms with E-state index in [2.05, 4.69) is 21.0 Å². The molecule has 0 unspecified atom stereocenters. The molecule has 0 saturated carbocycles. The largest absolute Gasteiger partial charge is 0.330 e. The Kier molecular flexibility index (Phi) is 3.07. The lowest BCUT2D eigenvalue weighted by atomic mass is 10.2. The van der Waals surface area contributed by atoms with Crippen LogP contribution in [-0.2, 0) is 6.42 Å². The number of nitrogens with zero attached hydrogens (tertiary/aromatic N) is 2. The zero-order chi connectivity index (χ0) is 12.5. The fourth-order valence-corrected chi connectivity index (χ4v) is 2.95. The van der Waals surface area contributed by atoms with Crippen LogP contribution in [-0.4, -0.2) is 15.9 Å². The van der Waals surface area contributed by atoms with E-state index < -0.39 is 0 Å². The molecule has 0 aliphatic rings. The molecule has 0 atom stereocenters. The Morgan fingerprint density at radius 1 is 1.28 bits per heavy atom. The van der Waals surface area contributed by atoms with Crippen LogP contribution >= 0.6 is 22.9 Å². The second kappa shape index (κ2) is 4.72. The minimum absolute atomic E-state index is 0.626. The number of rotatable bonds is 3. The number of fused-ring (bicyclic) bond motifs is 1. The normalized spacial score (nSPS) is 11.2. The van der Waals surface area contributed by atoms with Crippen LogP contribution in [0.1, 0.15) is 5.69 Å². The maximum Gasteiger partial charge on any atom is 0.194 e. The van der Waals surface area contributed by atoms with E-state index in [9.17, 15) is 0 Å². The molecule has 0 saturated heterocycles. The lowest BCUT2D eigenvalue weighted by molar-refractivity contribution is 0.937. The van der Waals surface area contributed by atoms with Crippen molar-refractivity contribution >= 4 is 27.9 Å². The molecule has 2 aromatic heterocycles. The van der Waals surface area contributed by atoms with Crippen molar-refractivity contribution < 1.29 is 0 Å². The maximum absolute atomic E-state index is 5.91. The van der Waals surface area contributed by atoms with Crippen LogP contribution < -0.4 is 5.73 Å². The van der Waals surface area contributed by atoms with Crippen LogP contribution in [0.4, 0.5) is 0 Å². The number of aromatic nitrogens is 2. The summed E-state index contributed by atoms with van der Waals surface area (Å²) < 4.78 is 2.11. The number of nitrogens with two attached hydrogens (primary N) is 1. The number of hydrogen-bond acceptors (Lipinski definition) is 3. The van der Waals surface area contributed by atoms with Crippen molar-refractivity contribution in [1.82, 2.24) is 9.38 Å². The molecule has 0 amide bonds. The lowest BCUT2D eigenvalue weighted by Crippen LogP contribution is -2.02. The number of thiazole rings is 1. The quantitative estimate of drug-likeness (QED) is 0.799. The van der Waals surface area contributed by atoms with E-state index in [0.29, 0.717) is 6.54 Å². The van der Waals surface area contributed by atoms with Crippen molar-refractivity contribution in [1.29, 1.82) is 0 Å². The van der Waals surface area contributed by atoms with Crippen molar-refractivity contribution in [2.75, 3.05) is 6.54 Å². The van der Waals surface area contributed by atoms with E-state index >= 15 is 0 Å². The van der Waals surface area contributed by atoms with Crippen LogP contribution in [0.2, 0.25) is 5.02 Å². The molecule has 0 spiro atoms. The SMILES string of the molecule is NCCc1cn2c(-c3ccc(Cl)cc3)csc2n1. The average Bonchev–Trinajstić information content (AvgIpc) is 2.90. The standard InChI is InChI=1S/C13H12ClN3S/c14-10-3-1-9(2-4-10)12-8-18-13-16-11(5-6-15)7-17(12)13/h1-4,7-8H,5-6,15H2. The molecule has 1 aromatic carbocycles. The Morgan fingerprint density at radius 2 is 2.06 bits per heavy atom. The van der Waals surface area contributed by atoms with Gasteiger partial charge in [0.15, 0.2) is 4.96 Å². The van der Waals surface area contributed by atoms with E-state index in [0.717, 1.165) is 33.4 Å². The molecule has 2 N–H and O–H groups in total. The minimum atomic E-state index is 0.626. The van der Waals surface area contributed by atoms with E-state index in [-0.39, 0.29) is 0 Å². The molecule has 0 bridgehead atoms. The highest BCUT2D eigenvalue weighted by atomic mass is 35.5. The molecule has 5 heteroatoms. The zero-order valence-corrected chi connectivity index (χ0v) is 11.2. The Balaban J connectivity index is 2.08. The lowest BCUT2D eigenvalue weighted by Gasteiger charge is -1.99. The van der Waals surface area contributed by atoms with Gasteiger partial charge in [-0.25, -0.2) is 4.98 Å². The predicted octanol–water partition coefficient (Wildman–Crippen LogP) is 3.22. The topological polar surface area (TPSA) is 43.3 Å². The van der Waals surface area contributed by atoms with Crippen LogP contribution in [0.5, 0.6) is 0 Å². The average molecular weight is 278 g/mol. The monoisotopic (exact) mass is 277 g/mol. The van der Waals surface area contributed by atoms with Crippen molar-refractivity contribution in [3.63, 3.8) is 0 Å². The Bertz CT molecular complexity index is 669. The Hall–Kier alpha value is -1.36. The van der Waals surface area contributed by atoms with Crippen molar-refractivity contribution in [2.45, 2.75) is 6.42 Å². The van der Waals surface area contributed by atoms with Gasteiger partial charge in [-0.05, 0) is 24.2 Å². The van der Waals surface area contributed by atoms with Crippen LogP contribution in [0, 0.1) is 0 Å². The molecule has 92 valence electrons. The van der Waals surface area contributed by atoms with E-state index in [1.807, 2.05) is 24.3 Å². The second-order valence-electron chi connectivity index (χ2n) is 4.05. The molecule has 3 rings (SSSR count). The van der Waals surface area contributed by atoms with Gasteiger partial charge in [-0.2, -0.15) is 0 Å². The van der Waals surface area contributed by atoms with Crippen LogP contribution in [0.15, 0.2) is 35.8 Å². The summed E-state index contributed by atoms with van der Waals surface area (Å²) in [5.41, 5.74) is 8.88. The maximum atomic E-state index is 5.91. The number of halogens is 1. The van der Waals surface area contributed by atoms with Gasteiger partial charge in [-0.1, -0.05) is 23.7 Å².